The summed E-state index contributed by atoms with van der Waals surface area (Å²) in [5.41, 5.74) is 1.31. The van der Waals surface area contributed by atoms with Crippen molar-refractivity contribution in [2.75, 3.05) is 10.8 Å². The van der Waals surface area contributed by atoms with Crippen LogP contribution in [0.4, 0.5) is 11.4 Å². The van der Waals surface area contributed by atoms with E-state index in [0.29, 0.717) is 11.6 Å². The number of sulfonamides is 1. The molecule has 0 saturated carbocycles. The number of hydrogen-bond acceptors (Lipinski definition) is 4. The lowest BCUT2D eigenvalue weighted by atomic mass is 10.0. The third kappa shape index (κ3) is 4.06. The van der Waals surface area contributed by atoms with Gasteiger partial charge in [-0.3, -0.25) is 14.4 Å². The molecule has 2 rings (SSSR count). The van der Waals surface area contributed by atoms with Crippen LogP contribution in [-0.4, -0.2) is 19.9 Å². The van der Waals surface area contributed by atoms with Crippen LogP contribution in [0.15, 0.2) is 66.1 Å². The van der Waals surface area contributed by atoms with E-state index < -0.39 is 14.9 Å². The van der Waals surface area contributed by atoms with Gasteiger partial charge in [-0.05, 0) is 29.7 Å². The Bertz CT molecular complexity index is 874. The molecule has 0 aliphatic heterocycles. The van der Waals surface area contributed by atoms with Gasteiger partial charge in [0.2, 0.25) is 0 Å². The summed E-state index contributed by atoms with van der Waals surface area (Å²) in [6.07, 6.45) is 1.48. The molecule has 2 aromatic carbocycles. The average Bonchev–Trinajstić information content (AvgIpc) is 2.59. The van der Waals surface area contributed by atoms with Gasteiger partial charge in [-0.15, -0.1) is 6.58 Å². The van der Waals surface area contributed by atoms with Crippen LogP contribution in [0.5, 0.6) is 0 Å². The smallest absolute Gasteiger partial charge is 0.263 e. The number of benzene rings is 2. The van der Waals surface area contributed by atoms with Crippen LogP contribution in [0.1, 0.15) is 25.3 Å². The molecule has 0 spiro atoms. The summed E-state index contributed by atoms with van der Waals surface area (Å²) in [5.74, 6) is 0.329. The van der Waals surface area contributed by atoms with Gasteiger partial charge in [-0.2, -0.15) is 0 Å². The Balaban J connectivity index is 2.49. The van der Waals surface area contributed by atoms with Crippen LogP contribution < -0.4 is 4.31 Å². The highest BCUT2D eigenvalue weighted by Gasteiger charge is 2.25. The SMILES string of the molecule is C=CCN(c1ccc(C(C)C)cc1)S(=O)(=O)c1cccc([N+](=O)[O-])c1. The Morgan fingerprint density at radius 2 is 1.84 bits per heavy atom. The minimum atomic E-state index is -3.95. The molecule has 2 aromatic rings. The molecule has 0 saturated heterocycles. The first-order valence-corrected chi connectivity index (χ1v) is 9.19. The minimum absolute atomic E-state index is 0.0616. The molecule has 0 aromatic heterocycles. The molecule has 0 atom stereocenters. The molecule has 0 bridgehead atoms. The van der Waals surface area contributed by atoms with E-state index in [-0.39, 0.29) is 17.1 Å². The molecule has 0 fully saturated rings. The van der Waals surface area contributed by atoms with Crippen LogP contribution in [0.3, 0.4) is 0 Å². The standard InChI is InChI=1S/C18H20N2O4S/c1-4-12-19(16-10-8-15(9-11-16)14(2)3)25(23,24)18-7-5-6-17(13-18)20(21)22/h4-11,13-14H,1,12H2,2-3H3. The van der Waals surface area contributed by atoms with Gasteiger partial charge in [0, 0.05) is 12.1 Å². The lowest BCUT2D eigenvalue weighted by Gasteiger charge is -2.23. The fourth-order valence-corrected chi connectivity index (χ4v) is 3.85. The zero-order valence-corrected chi connectivity index (χ0v) is 14.9. The quantitative estimate of drug-likeness (QED) is 0.423. The highest BCUT2D eigenvalue weighted by atomic mass is 32.2. The summed E-state index contributed by atoms with van der Waals surface area (Å²) >= 11 is 0. The number of anilines is 1. The second-order valence-electron chi connectivity index (χ2n) is 5.83. The molecule has 6 nitrogen and oxygen atoms in total. The fourth-order valence-electron chi connectivity index (χ4n) is 2.37. The number of hydrogen-bond donors (Lipinski definition) is 0. The van der Waals surface area contributed by atoms with E-state index >= 15 is 0 Å². The third-order valence-corrected chi connectivity index (χ3v) is 5.55. The normalized spacial score (nSPS) is 11.3. The van der Waals surface area contributed by atoms with Crippen molar-refractivity contribution in [3.8, 4) is 0 Å². The van der Waals surface area contributed by atoms with Crippen molar-refractivity contribution in [2.24, 2.45) is 0 Å². The Labute approximate surface area is 147 Å². The van der Waals surface area contributed by atoms with E-state index in [1.807, 2.05) is 12.1 Å². The summed E-state index contributed by atoms with van der Waals surface area (Å²) in [7, 11) is -3.95. The van der Waals surface area contributed by atoms with Gasteiger partial charge in [0.15, 0.2) is 0 Å². The molecule has 132 valence electrons. The Kier molecular flexibility index (Phi) is 5.58. The highest BCUT2D eigenvalue weighted by molar-refractivity contribution is 7.92. The molecule has 0 heterocycles. The van der Waals surface area contributed by atoms with Crippen molar-refractivity contribution in [1.82, 2.24) is 0 Å². The van der Waals surface area contributed by atoms with Gasteiger partial charge < -0.3 is 0 Å². The first-order valence-electron chi connectivity index (χ1n) is 7.75. The summed E-state index contributed by atoms with van der Waals surface area (Å²) in [6, 6.07) is 12.2. The van der Waals surface area contributed by atoms with E-state index in [0.717, 1.165) is 11.6 Å². The number of nitrogens with zero attached hydrogens (tertiary/aromatic N) is 2. The predicted octanol–water partition coefficient (Wildman–Crippen LogP) is 4.10. The third-order valence-electron chi connectivity index (χ3n) is 3.76. The summed E-state index contributed by atoms with van der Waals surface area (Å²) in [6.45, 7) is 7.78. The first-order chi connectivity index (χ1) is 11.8. The number of non-ortho nitro benzene ring substituents is 1. The molecule has 7 heteroatoms. The van der Waals surface area contributed by atoms with Gasteiger partial charge in [-0.1, -0.05) is 38.1 Å². The van der Waals surface area contributed by atoms with Gasteiger partial charge in [0.25, 0.3) is 15.7 Å². The second kappa shape index (κ2) is 7.48. The maximum Gasteiger partial charge on any atom is 0.270 e. The Morgan fingerprint density at radius 1 is 1.20 bits per heavy atom. The average molecular weight is 360 g/mol. The minimum Gasteiger partial charge on any atom is -0.263 e. The van der Waals surface area contributed by atoms with E-state index in [1.165, 1.54) is 28.6 Å². The van der Waals surface area contributed by atoms with Crippen LogP contribution in [0, 0.1) is 10.1 Å². The van der Waals surface area contributed by atoms with Gasteiger partial charge in [0.05, 0.1) is 22.1 Å². The zero-order valence-electron chi connectivity index (χ0n) is 14.1. The summed E-state index contributed by atoms with van der Waals surface area (Å²) in [5, 5.41) is 10.9. The van der Waals surface area contributed by atoms with Crippen molar-refractivity contribution in [3.05, 3.63) is 76.9 Å². The fraction of sp³-hybridized carbons (Fsp3) is 0.222. The highest BCUT2D eigenvalue weighted by Crippen LogP contribution is 2.27. The Morgan fingerprint density at radius 3 is 2.36 bits per heavy atom. The van der Waals surface area contributed by atoms with Crippen LogP contribution in [0.2, 0.25) is 0 Å². The topological polar surface area (TPSA) is 80.5 Å². The van der Waals surface area contributed by atoms with E-state index in [1.54, 1.807) is 12.1 Å². The van der Waals surface area contributed by atoms with Crippen LogP contribution >= 0.6 is 0 Å². The molecule has 0 radical (unpaired) electrons. The van der Waals surface area contributed by atoms with Crippen LogP contribution in [-0.2, 0) is 10.0 Å². The van der Waals surface area contributed by atoms with Gasteiger partial charge in [-0.25, -0.2) is 8.42 Å². The van der Waals surface area contributed by atoms with E-state index in [4.69, 9.17) is 0 Å². The molecule has 25 heavy (non-hydrogen) atoms. The number of nitro benzene ring substituents is 1. The molecule has 0 unspecified atom stereocenters. The lowest BCUT2D eigenvalue weighted by molar-refractivity contribution is -0.385. The molecule has 0 aliphatic rings. The maximum atomic E-state index is 13.0. The van der Waals surface area contributed by atoms with Crippen molar-refractivity contribution in [1.29, 1.82) is 0 Å². The van der Waals surface area contributed by atoms with Crippen molar-refractivity contribution in [3.63, 3.8) is 0 Å². The van der Waals surface area contributed by atoms with E-state index in [9.17, 15) is 18.5 Å². The van der Waals surface area contributed by atoms with Crippen molar-refractivity contribution < 1.29 is 13.3 Å². The zero-order chi connectivity index (χ0) is 18.6. The Hall–Kier alpha value is -2.67. The van der Waals surface area contributed by atoms with Gasteiger partial charge in [0.1, 0.15) is 0 Å². The summed E-state index contributed by atoms with van der Waals surface area (Å²) in [4.78, 5) is 10.2. The first kappa shape index (κ1) is 18.7. The van der Waals surface area contributed by atoms with Crippen molar-refractivity contribution >= 4 is 21.4 Å². The number of nitro groups is 1. The van der Waals surface area contributed by atoms with E-state index in [2.05, 4.69) is 20.4 Å². The molecular formula is C18H20N2O4S. The van der Waals surface area contributed by atoms with Gasteiger partial charge >= 0.3 is 0 Å². The van der Waals surface area contributed by atoms with Crippen LogP contribution in [0.25, 0.3) is 0 Å². The lowest BCUT2D eigenvalue weighted by Crippen LogP contribution is -2.31. The largest absolute Gasteiger partial charge is 0.270 e. The molecular weight excluding hydrogens is 340 g/mol. The van der Waals surface area contributed by atoms with Crippen molar-refractivity contribution in [2.45, 2.75) is 24.7 Å². The monoisotopic (exact) mass is 360 g/mol. The molecule has 0 amide bonds. The predicted molar refractivity (Wildman–Crippen MR) is 98.4 cm³/mol. The number of rotatable bonds is 7. The second-order valence-corrected chi connectivity index (χ2v) is 7.69. The molecule has 0 N–H and O–H groups in total. The maximum absolute atomic E-state index is 13.0. The molecule has 0 aliphatic carbocycles. The summed E-state index contributed by atoms with van der Waals surface area (Å²) < 4.78 is 27.1.